The Morgan fingerprint density at radius 1 is 1.18 bits per heavy atom. The summed E-state index contributed by atoms with van der Waals surface area (Å²) in [6, 6.07) is 8.41. The Kier molecular flexibility index (Phi) is 3.58. The Morgan fingerprint density at radius 3 is 2.77 bits per heavy atom. The quantitative estimate of drug-likeness (QED) is 0.807. The normalized spacial score (nSPS) is 10.9. The van der Waals surface area contributed by atoms with Gasteiger partial charge >= 0.3 is 0 Å². The lowest BCUT2D eigenvalue weighted by Crippen LogP contribution is -2.22. The van der Waals surface area contributed by atoms with Crippen LogP contribution in [0, 0.1) is 18.6 Å². The summed E-state index contributed by atoms with van der Waals surface area (Å²) in [5.74, 6) is -1.94. The monoisotopic (exact) mass is 302 g/mol. The van der Waals surface area contributed by atoms with Crippen LogP contribution in [-0.2, 0) is 6.54 Å². The molecule has 0 radical (unpaired) electrons. The van der Waals surface area contributed by atoms with E-state index >= 15 is 0 Å². The minimum Gasteiger partial charge on any atom is -0.441 e. The highest BCUT2D eigenvalue weighted by Crippen LogP contribution is 2.17. The second kappa shape index (κ2) is 5.55. The number of nitrogens with zero attached hydrogens (tertiary/aromatic N) is 1. The topological polar surface area (TPSA) is 55.1 Å². The highest BCUT2D eigenvalue weighted by Gasteiger charge is 2.10. The summed E-state index contributed by atoms with van der Waals surface area (Å²) in [5, 5.41) is 2.65. The van der Waals surface area contributed by atoms with Gasteiger partial charge < -0.3 is 9.73 Å². The summed E-state index contributed by atoms with van der Waals surface area (Å²) in [4.78, 5) is 16.1. The van der Waals surface area contributed by atoms with Crippen LogP contribution in [0.3, 0.4) is 0 Å². The van der Waals surface area contributed by atoms with Gasteiger partial charge in [-0.3, -0.25) is 4.79 Å². The van der Waals surface area contributed by atoms with Gasteiger partial charge in [-0.25, -0.2) is 13.8 Å². The van der Waals surface area contributed by atoms with E-state index in [0.717, 1.165) is 17.7 Å². The lowest BCUT2D eigenvalue weighted by Gasteiger charge is -2.05. The van der Waals surface area contributed by atoms with Gasteiger partial charge in [0.1, 0.15) is 5.52 Å². The average molecular weight is 302 g/mol. The maximum Gasteiger partial charge on any atom is 0.251 e. The lowest BCUT2D eigenvalue weighted by atomic mass is 10.1. The van der Waals surface area contributed by atoms with Crippen molar-refractivity contribution in [3.8, 4) is 0 Å². The number of hydrogen-bond acceptors (Lipinski definition) is 3. The van der Waals surface area contributed by atoms with Crippen molar-refractivity contribution in [1.82, 2.24) is 10.3 Å². The first-order valence-electron chi connectivity index (χ1n) is 6.62. The molecule has 1 amide bonds. The Labute approximate surface area is 124 Å². The van der Waals surface area contributed by atoms with Crippen LogP contribution >= 0.6 is 0 Å². The van der Waals surface area contributed by atoms with Gasteiger partial charge in [0.2, 0.25) is 0 Å². The Bertz CT molecular complexity index is 858. The molecule has 0 saturated heterocycles. The fraction of sp³-hybridized carbons (Fsp3) is 0.125. The maximum absolute atomic E-state index is 13.1. The number of amides is 1. The highest BCUT2D eigenvalue weighted by atomic mass is 19.2. The Balaban J connectivity index is 1.72. The zero-order valence-electron chi connectivity index (χ0n) is 11.7. The summed E-state index contributed by atoms with van der Waals surface area (Å²) in [7, 11) is 0. The molecular formula is C16H12F2N2O2. The fourth-order valence-electron chi connectivity index (χ4n) is 2.12. The molecule has 112 valence electrons. The first-order chi connectivity index (χ1) is 10.5. The van der Waals surface area contributed by atoms with Gasteiger partial charge in [-0.2, -0.15) is 0 Å². The number of benzene rings is 2. The van der Waals surface area contributed by atoms with Crippen molar-refractivity contribution in [2.24, 2.45) is 0 Å². The molecule has 0 atom stereocenters. The van der Waals surface area contributed by atoms with Crippen molar-refractivity contribution in [3.05, 3.63) is 65.1 Å². The molecule has 0 spiro atoms. The molecule has 1 aromatic heterocycles. The van der Waals surface area contributed by atoms with Crippen LogP contribution in [0.1, 0.15) is 21.8 Å². The van der Waals surface area contributed by atoms with Crippen molar-refractivity contribution < 1.29 is 18.0 Å². The number of rotatable bonds is 3. The van der Waals surface area contributed by atoms with E-state index in [-0.39, 0.29) is 12.1 Å². The van der Waals surface area contributed by atoms with Crippen LogP contribution in [-0.4, -0.2) is 10.9 Å². The molecule has 0 saturated carbocycles. The van der Waals surface area contributed by atoms with E-state index in [1.165, 1.54) is 6.07 Å². The second-order valence-electron chi connectivity index (χ2n) is 4.85. The van der Waals surface area contributed by atoms with Crippen LogP contribution < -0.4 is 5.32 Å². The largest absolute Gasteiger partial charge is 0.441 e. The van der Waals surface area contributed by atoms with Crippen molar-refractivity contribution in [3.63, 3.8) is 0 Å². The minimum atomic E-state index is -1.05. The SMILES string of the molecule is Cc1nc2cc(CNC(=O)c3ccc(F)c(F)c3)ccc2o1. The molecule has 2 aromatic carbocycles. The Hall–Kier alpha value is -2.76. The molecule has 0 aliphatic heterocycles. The molecule has 0 fully saturated rings. The molecule has 3 rings (SSSR count). The number of fused-ring (bicyclic) bond motifs is 1. The van der Waals surface area contributed by atoms with E-state index in [4.69, 9.17) is 4.42 Å². The second-order valence-corrected chi connectivity index (χ2v) is 4.85. The van der Waals surface area contributed by atoms with Crippen LogP contribution in [0.2, 0.25) is 0 Å². The van der Waals surface area contributed by atoms with Gasteiger partial charge in [0.05, 0.1) is 0 Å². The zero-order valence-corrected chi connectivity index (χ0v) is 11.7. The summed E-state index contributed by atoms with van der Waals surface area (Å²) in [6.45, 7) is 2.00. The predicted octanol–water partition coefficient (Wildman–Crippen LogP) is 3.34. The predicted molar refractivity (Wildman–Crippen MR) is 76.3 cm³/mol. The smallest absolute Gasteiger partial charge is 0.251 e. The molecule has 3 aromatic rings. The van der Waals surface area contributed by atoms with Gasteiger partial charge in [-0.15, -0.1) is 0 Å². The van der Waals surface area contributed by atoms with E-state index in [1.807, 2.05) is 0 Å². The molecule has 0 unspecified atom stereocenters. The van der Waals surface area contributed by atoms with E-state index < -0.39 is 17.5 Å². The average Bonchev–Trinajstić information content (AvgIpc) is 2.86. The van der Waals surface area contributed by atoms with Crippen LogP contribution in [0.5, 0.6) is 0 Å². The van der Waals surface area contributed by atoms with Gasteiger partial charge in [-0.1, -0.05) is 6.07 Å². The van der Waals surface area contributed by atoms with Gasteiger partial charge in [0, 0.05) is 19.0 Å². The van der Waals surface area contributed by atoms with Gasteiger partial charge in [-0.05, 0) is 35.9 Å². The molecular weight excluding hydrogens is 290 g/mol. The summed E-state index contributed by atoms with van der Waals surface area (Å²) in [6.07, 6.45) is 0. The molecule has 0 aliphatic rings. The van der Waals surface area contributed by atoms with Crippen molar-refractivity contribution in [2.45, 2.75) is 13.5 Å². The molecule has 0 bridgehead atoms. The number of aryl methyl sites for hydroxylation is 1. The standard InChI is InChI=1S/C16H12F2N2O2/c1-9-20-14-6-10(2-5-15(14)22-9)8-19-16(21)11-3-4-12(17)13(18)7-11/h2-7H,8H2,1H3,(H,19,21). The van der Waals surface area contributed by atoms with Crippen molar-refractivity contribution in [1.29, 1.82) is 0 Å². The van der Waals surface area contributed by atoms with Crippen LogP contribution in [0.4, 0.5) is 8.78 Å². The molecule has 6 heteroatoms. The zero-order chi connectivity index (χ0) is 15.7. The van der Waals surface area contributed by atoms with Gasteiger partial charge in [0.15, 0.2) is 23.1 Å². The Morgan fingerprint density at radius 2 is 2.00 bits per heavy atom. The number of nitrogens with one attached hydrogen (secondary N) is 1. The van der Waals surface area contributed by atoms with Crippen molar-refractivity contribution in [2.75, 3.05) is 0 Å². The van der Waals surface area contributed by atoms with E-state index in [0.29, 0.717) is 17.0 Å². The summed E-state index contributed by atoms with van der Waals surface area (Å²) < 4.78 is 31.3. The third-order valence-electron chi connectivity index (χ3n) is 3.19. The van der Waals surface area contributed by atoms with Crippen molar-refractivity contribution >= 4 is 17.0 Å². The third kappa shape index (κ3) is 2.81. The number of carbonyl (C=O) groups excluding carboxylic acids is 1. The molecule has 4 nitrogen and oxygen atoms in total. The first-order valence-corrected chi connectivity index (χ1v) is 6.62. The molecule has 1 heterocycles. The summed E-state index contributed by atoms with van der Waals surface area (Å²) >= 11 is 0. The lowest BCUT2D eigenvalue weighted by molar-refractivity contribution is 0.0950. The third-order valence-corrected chi connectivity index (χ3v) is 3.19. The van der Waals surface area contributed by atoms with Crippen LogP contribution in [0.25, 0.3) is 11.1 Å². The molecule has 0 aliphatic carbocycles. The van der Waals surface area contributed by atoms with Gasteiger partial charge in [0.25, 0.3) is 5.91 Å². The number of carbonyl (C=O) groups is 1. The number of aromatic nitrogens is 1. The first kappa shape index (κ1) is 14.2. The number of oxazole rings is 1. The van der Waals surface area contributed by atoms with E-state index in [9.17, 15) is 13.6 Å². The molecule has 22 heavy (non-hydrogen) atoms. The van der Waals surface area contributed by atoms with E-state index in [2.05, 4.69) is 10.3 Å². The van der Waals surface area contributed by atoms with Crippen LogP contribution in [0.15, 0.2) is 40.8 Å². The number of halogens is 2. The maximum atomic E-state index is 13.1. The summed E-state index contributed by atoms with van der Waals surface area (Å²) in [5.41, 5.74) is 2.28. The fourth-order valence-corrected chi connectivity index (χ4v) is 2.12. The van der Waals surface area contributed by atoms with E-state index in [1.54, 1.807) is 25.1 Å². The highest BCUT2D eigenvalue weighted by molar-refractivity contribution is 5.94. The molecule has 1 N–H and O–H groups in total. The minimum absolute atomic E-state index is 0.0669. The number of hydrogen-bond donors (Lipinski definition) is 1.